The Balaban J connectivity index is 3.12. The van der Waals surface area contributed by atoms with E-state index in [-0.39, 0.29) is 5.41 Å². The van der Waals surface area contributed by atoms with Crippen LogP contribution in [0.3, 0.4) is 0 Å². The third-order valence-electron chi connectivity index (χ3n) is 2.90. The van der Waals surface area contributed by atoms with E-state index in [0.717, 1.165) is 18.7 Å². The van der Waals surface area contributed by atoms with E-state index in [1.54, 1.807) is 12.3 Å². The maximum absolute atomic E-state index is 5.30. The Morgan fingerprint density at radius 1 is 1.43 bits per heavy atom. The molecule has 1 rings (SSSR count). The maximum atomic E-state index is 5.30. The van der Waals surface area contributed by atoms with Crippen LogP contribution >= 0.6 is 0 Å². The lowest BCUT2D eigenvalue weighted by molar-refractivity contribution is 0.411. The minimum atomic E-state index is 0.0485. The van der Waals surface area contributed by atoms with Crippen LogP contribution in [0.4, 0.5) is 0 Å². The lowest BCUT2D eigenvalue weighted by Gasteiger charge is -2.24. The lowest BCUT2D eigenvalue weighted by Crippen LogP contribution is -2.23. The molecule has 74 valence electrons. The van der Waals surface area contributed by atoms with Gasteiger partial charge in [0.1, 0.15) is 11.5 Å². The van der Waals surface area contributed by atoms with Crippen molar-refractivity contribution in [2.24, 2.45) is 0 Å². The molecule has 0 atom stereocenters. The molecule has 0 aliphatic carbocycles. The van der Waals surface area contributed by atoms with Crippen LogP contribution in [-0.2, 0) is 5.41 Å². The molecule has 0 aromatic carbocycles. The average Bonchev–Trinajstić information content (AvgIpc) is 2.28. The van der Waals surface area contributed by atoms with E-state index in [0.29, 0.717) is 5.69 Å². The molecule has 0 radical (unpaired) electrons. The highest BCUT2D eigenvalue weighted by Crippen LogP contribution is 2.27. The van der Waals surface area contributed by atoms with Gasteiger partial charge in [0.25, 0.3) is 0 Å². The third-order valence-corrected chi connectivity index (χ3v) is 2.90. The van der Waals surface area contributed by atoms with Crippen LogP contribution in [0, 0.1) is 12.3 Å². The zero-order valence-corrected chi connectivity index (χ0v) is 9.04. The molecule has 14 heavy (non-hydrogen) atoms. The Kier molecular flexibility index (Phi) is 3.24. The first kappa shape index (κ1) is 10.7. The molecule has 0 unspecified atom stereocenters. The smallest absolute Gasteiger partial charge is 0.135 e. The van der Waals surface area contributed by atoms with E-state index in [4.69, 9.17) is 6.42 Å². The largest absolute Gasteiger partial charge is 0.241 e. The van der Waals surface area contributed by atoms with Crippen molar-refractivity contribution in [3.05, 3.63) is 23.8 Å². The molecular formula is C12H16N2. The summed E-state index contributed by atoms with van der Waals surface area (Å²) in [6.07, 6.45) is 9.09. The molecule has 1 aromatic rings. The molecule has 0 aliphatic heterocycles. The van der Waals surface area contributed by atoms with Gasteiger partial charge in [-0.05, 0) is 18.9 Å². The Hall–Kier alpha value is -1.36. The van der Waals surface area contributed by atoms with Crippen molar-refractivity contribution < 1.29 is 0 Å². The van der Waals surface area contributed by atoms with Crippen molar-refractivity contribution in [2.75, 3.05) is 0 Å². The summed E-state index contributed by atoms with van der Waals surface area (Å²) in [5.41, 5.74) is 0.718. The molecule has 0 saturated heterocycles. The molecule has 2 nitrogen and oxygen atoms in total. The second-order valence-corrected chi connectivity index (χ2v) is 3.68. The molecule has 0 fully saturated rings. The molecule has 0 amide bonds. The van der Waals surface area contributed by atoms with Gasteiger partial charge < -0.3 is 0 Å². The first-order valence-corrected chi connectivity index (χ1v) is 4.96. The topological polar surface area (TPSA) is 25.8 Å². The van der Waals surface area contributed by atoms with Gasteiger partial charge in [-0.15, -0.1) is 6.42 Å². The van der Waals surface area contributed by atoms with Gasteiger partial charge in [-0.25, -0.2) is 9.97 Å². The van der Waals surface area contributed by atoms with Crippen molar-refractivity contribution in [3.8, 4) is 12.3 Å². The van der Waals surface area contributed by atoms with E-state index in [2.05, 4.69) is 36.7 Å². The zero-order valence-electron chi connectivity index (χ0n) is 9.04. The molecular weight excluding hydrogens is 172 g/mol. The van der Waals surface area contributed by atoms with Crippen molar-refractivity contribution in [1.82, 2.24) is 9.97 Å². The van der Waals surface area contributed by atoms with Crippen LogP contribution in [-0.4, -0.2) is 9.97 Å². The van der Waals surface area contributed by atoms with Crippen LogP contribution in [0.5, 0.6) is 0 Å². The quantitative estimate of drug-likeness (QED) is 0.681. The Morgan fingerprint density at radius 3 is 2.57 bits per heavy atom. The van der Waals surface area contributed by atoms with Crippen molar-refractivity contribution in [3.63, 3.8) is 0 Å². The van der Waals surface area contributed by atoms with Gasteiger partial charge in [-0.2, -0.15) is 0 Å². The molecule has 1 heterocycles. The van der Waals surface area contributed by atoms with Crippen molar-refractivity contribution in [2.45, 2.75) is 39.0 Å². The molecule has 0 bridgehead atoms. The summed E-state index contributed by atoms with van der Waals surface area (Å²) in [5.74, 6) is 3.40. The highest BCUT2D eigenvalue weighted by molar-refractivity contribution is 5.24. The first-order valence-electron chi connectivity index (χ1n) is 4.96. The number of aromatic nitrogens is 2. The molecule has 1 aromatic heterocycles. The predicted molar refractivity (Wildman–Crippen MR) is 57.9 cm³/mol. The van der Waals surface area contributed by atoms with Gasteiger partial charge in [0, 0.05) is 11.6 Å². The molecule has 0 N–H and O–H groups in total. The van der Waals surface area contributed by atoms with Crippen LogP contribution < -0.4 is 0 Å². The van der Waals surface area contributed by atoms with Gasteiger partial charge in [-0.1, -0.05) is 26.7 Å². The van der Waals surface area contributed by atoms with Gasteiger partial charge >= 0.3 is 0 Å². The van der Waals surface area contributed by atoms with Crippen LogP contribution in [0.15, 0.2) is 12.3 Å². The predicted octanol–water partition coefficient (Wildman–Crippen LogP) is 2.54. The van der Waals surface area contributed by atoms with E-state index in [1.165, 1.54) is 0 Å². The molecule has 0 aliphatic rings. The van der Waals surface area contributed by atoms with Gasteiger partial charge in [0.15, 0.2) is 0 Å². The zero-order chi connectivity index (χ0) is 10.6. The van der Waals surface area contributed by atoms with Crippen LogP contribution in [0.1, 0.15) is 45.1 Å². The number of nitrogens with zero attached hydrogens (tertiary/aromatic N) is 2. The number of hydrogen-bond donors (Lipinski definition) is 0. The fourth-order valence-corrected chi connectivity index (χ4v) is 1.30. The van der Waals surface area contributed by atoms with E-state index in [1.807, 2.05) is 0 Å². The van der Waals surface area contributed by atoms with Crippen LogP contribution in [0.2, 0.25) is 0 Å². The summed E-state index contributed by atoms with van der Waals surface area (Å²) in [4.78, 5) is 8.65. The number of rotatable bonds is 3. The van der Waals surface area contributed by atoms with E-state index in [9.17, 15) is 0 Å². The lowest BCUT2D eigenvalue weighted by atomic mass is 9.84. The summed E-state index contributed by atoms with van der Waals surface area (Å²) in [7, 11) is 0. The van der Waals surface area contributed by atoms with E-state index >= 15 is 0 Å². The summed E-state index contributed by atoms with van der Waals surface area (Å²) in [6, 6.07) is 1.76. The van der Waals surface area contributed by atoms with Gasteiger partial charge in [0.05, 0.1) is 0 Å². The maximum Gasteiger partial charge on any atom is 0.135 e. The molecule has 0 saturated carbocycles. The SMILES string of the molecule is C#Cc1ccnc(C(C)(CC)CC)n1. The fourth-order valence-electron chi connectivity index (χ4n) is 1.30. The molecule has 0 spiro atoms. The normalized spacial score (nSPS) is 11.0. The summed E-state index contributed by atoms with van der Waals surface area (Å²) in [6.45, 7) is 6.47. The van der Waals surface area contributed by atoms with Crippen molar-refractivity contribution >= 4 is 0 Å². The summed E-state index contributed by atoms with van der Waals surface area (Å²) in [5, 5.41) is 0. The van der Waals surface area contributed by atoms with Gasteiger partial charge in [-0.3, -0.25) is 0 Å². The average molecular weight is 188 g/mol. The minimum absolute atomic E-state index is 0.0485. The second-order valence-electron chi connectivity index (χ2n) is 3.68. The Morgan fingerprint density at radius 2 is 2.07 bits per heavy atom. The Labute approximate surface area is 85.8 Å². The standard InChI is InChI=1S/C12H16N2/c1-5-10-8-9-13-11(14-10)12(4,6-2)7-3/h1,8-9H,6-7H2,2-4H3. The summed E-state index contributed by atoms with van der Waals surface area (Å²) >= 11 is 0. The number of hydrogen-bond acceptors (Lipinski definition) is 2. The highest BCUT2D eigenvalue weighted by Gasteiger charge is 2.25. The third kappa shape index (κ3) is 1.93. The fraction of sp³-hybridized carbons (Fsp3) is 0.500. The monoisotopic (exact) mass is 188 g/mol. The molecule has 2 heteroatoms. The van der Waals surface area contributed by atoms with Crippen LogP contribution in [0.25, 0.3) is 0 Å². The second kappa shape index (κ2) is 4.23. The Bertz CT molecular complexity index is 346. The summed E-state index contributed by atoms with van der Waals surface area (Å²) < 4.78 is 0. The van der Waals surface area contributed by atoms with Crippen molar-refractivity contribution in [1.29, 1.82) is 0 Å². The minimum Gasteiger partial charge on any atom is -0.241 e. The number of terminal acetylenes is 1. The van der Waals surface area contributed by atoms with Gasteiger partial charge in [0.2, 0.25) is 0 Å². The first-order chi connectivity index (χ1) is 6.66. The van der Waals surface area contributed by atoms with E-state index < -0.39 is 0 Å². The highest BCUT2D eigenvalue weighted by atomic mass is 14.9.